The van der Waals surface area contributed by atoms with Crippen molar-refractivity contribution < 1.29 is 19.1 Å². The highest BCUT2D eigenvalue weighted by Crippen LogP contribution is 2.20. The molecule has 1 aliphatic rings. The largest absolute Gasteiger partial charge is 0.466 e. The summed E-state index contributed by atoms with van der Waals surface area (Å²) in [6.07, 6.45) is 0.373. The molecule has 0 aromatic heterocycles. The summed E-state index contributed by atoms with van der Waals surface area (Å²) in [7, 11) is 0. The standard InChI is InChI=1S/C10H15NO4/c1-3-15-10(14)4-7(6(2)12)8-5-9(13)11-8/h7-8H,3-5H2,1-2H3,(H,11,13). The summed E-state index contributed by atoms with van der Waals surface area (Å²) in [5.74, 6) is -0.997. The first-order valence-electron chi connectivity index (χ1n) is 5.00. The Morgan fingerprint density at radius 3 is 2.60 bits per heavy atom. The molecular weight excluding hydrogens is 198 g/mol. The van der Waals surface area contributed by atoms with Crippen LogP contribution in [0.1, 0.15) is 26.7 Å². The molecule has 1 heterocycles. The molecule has 0 spiro atoms. The average Bonchev–Trinajstić information content (AvgIpc) is 2.09. The molecule has 15 heavy (non-hydrogen) atoms. The lowest BCUT2D eigenvalue weighted by Crippen LogP contribution is -2.54. The number of Topliss-reactive ketones (excluding diaryl/α,β-unsaturated/α-hetero) is 1. The molecule has 1 fully saturated rings. The van der Waals surface area contributed by atoms with Gasteiger partial charge in [0, 0.05) is 18.4 Å². The molecule has 0 aromatic carbocycles. The fourth-order valence-corrected chi connectivity index (χ4v) is 1.60. The van der Waals surface area contributed by atoms with Gasteiger partial charge < -0.3 is 10.1 Å². The summed E-state index contributed by atoms with van der Waals surface area (Å²) in [6.45, 7) is 3.45. The second kappa shape index (κ2) is 4.91. The van der Waals surface area contributed by atoms with Crippen LogP contribution in [0.2, 0.25) is 0 Å². The highest BCUT2D eigenvalue weighted by atomic mass is 16.5. The van der Waals surface area contributed by atoms with E-state index in [-0.39, 0.29) is 30.1 Å². The summed E-state index contributed by atoms with van der Waals surface area (Å²) in [5, 5.41) is 2.60. The van der Waals surface area contributed by atoms with Crippen LogP contribution >= 0.6 is 0 Å². The number of β-lactam (4-membered cyclic amide) rings is 1. The molecule has 1 rings (SSSR count). The maximum atomic E-state index is 11.3. The molecule has 2 unspecified atom stereocenters. The molecule has 1 N–H and O–H groups in total. The number of rotatable bonds is 5. The molecule has 1 aliphatic heterocycles. The van der Waals surface area contributed by atoms with Crippen LogP contribution < -0.4 is 5.32 Å². The quantitative estimate of drug-likeness (QED) is 0.516. The number of carbonyl (C=O) groups is 3. The van der Waals surface area contributed by atoms with Gasteiger partial charge in [0.2, 0.25) is 5.91 Å². The molecule has 0 aliphatic carbocycles. The van der Waals surface area contributed by atoms with Crippen LogP contribution in [0.5, 0.6) is 0 Å². The van der Waals surface area contributed by atoms with Gasteiger partial charge in [-0.1, -0.05) is 0 Å². The van der Waals surface area contributed by atoms with Crippen LogP contribution in [0.4, 0.5) is 0 Å². The fourth-order valence-electron chi connectivity index (χ4n) is 1.60. The molecule has 0 bridgehead atoms. The Labute approximate surface area is 88.2 Å². The minimum Gasteiger partial charge on any atom is -0.466 e. The van der Waals surface area contributed by atoms with Gasteiger partial charge in [-0.15, -0.1) is 0 Å². The van der Waals surface area contributed by atoms with Gasteiger partial charge in [0.05, 0.1) is 13.0 Å². The van der Waals surface area contributed by atoms with Gasteiger partial charge >= 0.3 is 5.97 Å². The third kappa shape index (κ3) is 3.04. The molecular formula is C10H15NO4. The number of esters is 1. The van der Waals surface area contributed by atoms with Crippen LogP contribution in [0.3, 0.4) is 0 Å². The summed E-state index contributed by atoms with van der Waals surface area (Å²) in [6, 6.07) is -0.195. The lowest BCUT2D eigenvalue weighted by molar-refractivity contribution is -0.148. The minimum absolute atomic E-state index is 0.0497. The van der Waals surface area contributed by atoms with Crippen LogP contribution in [-0.4, -0.2) is 30.3 Å². The van der Waals surface area contributed by atoms with Gasteiger partial charge in [-0.05, 0) is 13.8 Å². The van der Waals surface area contributed by atoms with Crippen molar-refractivity contribution in [2.24, 2.45) is 5.92 Å². The summed E-state index contributed by atoms with van der Waals surface area (Å²) in [5.41, 5.74) is 0. The van der Waals surface area contributed by atoms with Crippen LogP contribution in [0.15, 0.2) is 0 Å². The monoisotopic (exact) mass is 213 g/mol. The Bertz CT molecular complexity index is 279. The molecule has 0 saturated carbocycles. The maximum Gasteiger partial charge on any atom is 0.306 e. The van der Waals surface area contributed by atoms with E-state index in [4.69, 9.17) is 4.74 Å². The normalized spacial score (nSPS) is 21.2. The SMILES string of the molecule is CCOC(=O)CC(C(C)=O)C1CC(=O)N1. The van der Waals surface area contributed by atoms with Crippen LogP contribution in [0, 0.1) is 5.92 Å². The van der Waals surface area contributed by atoms with Crippen molar-refractivity contribution in [3.63, 3.8) is 0 Å². The summed E-state index contributed by atoms with van der Waals surface area (Å²) < 4.78 is 4.76. The number of amides is 1. The van der Waals surface area contributed by atoms with E-state index in [1.165, 1.54) is 6.92 Å². The summed E-state index contributed by atoms with van der Waals surface area (Å²) in [4.78, 5) is 33.2. The van der Waals surface area contributed by atoms with Crippen molar-refractivity contribution in [3.8, 4) is 0 Å². The zero-order chi connectivity index (χ0) is 11.4. The van der Waals surface area contributed by atoms with Crippen molar-refractivity contribution in [1.82, 2.24) is 5.32 Å². The Morgan fingerprint density at radius 1 is 1.60 bits per heavy atom. The maximum absolute atomic E-state index is 11.3. The van der Waals surface area contributed by atoms with E-state index in [2.05, 4.69) is 5.32 Å². The predicted molar refractivity (Wildman–Crippen MR) is 52.0 cm³/mol. The molecule has 1 amide bonds. The first-order chi connectivity index (χ1) is 7.04. The highest BCUT2D eigenvalue weighted by Gasteiger charge is 2.36. The van der Waals surface area contributed by atoms with Crippen molar-refractivity contribution in [2.75, 3.05) is 6.61 Å². The second-order valence-electron chi connectivity index (χ2n) is 3.60. The number of carbonyl (C=O) groups excluding carboxylic acids is 3. The van der Waals surface area contributed by atoms with E-state index in [9.17, 15) is 14.4 Å². The lowest BCUT2D eigenvalue weighted by Gasteiger charge is -2.32. The van der Waals surface area contributed by atoms with Crippen molar-refractivity contribution >= 4 is 17.7 Å². The molecule has 1 saturated heterocycles. The Kier molecular flexibility index (Phi) is 3.82. The van der Waals surface area contributed by atoms with Gasteiger partial charge in [-0.25, -0.2) is 0 Å². The smallest absolute Gasteiger partial charge is 0.306 e. The molecule has 84 valence electrons. The number of ketones is 1. The molecule has 2 atom stereocenters. The van der Waals surface area contributed by atoms with Gasteiger partial charge in [-0.2, -0.15) is 0 Å². The average molecular weight is 213 g/mol. The Morgan fingerprint density at radius 2 is 2.20 bits per heavy atom. The predicted octanol–water partition coefficient (Wildman–Crippen LogP) is 0.0333. The van der Waals surface area contributed by atoms with Gasteiger partial charge in [0.25, 0.3) is 0 Å². The molecule has 5 heteroatoms. The fraction of sp³-hybridized carbons (Fsp3) is 0.700. The number of nitrogens with one attached hydrogen (secondary N) is 1. The lowest BCUT2D eigenvalue weighted by atomic mass is 9.86. The number of hydrogen-bond donors (Lipinski definition) is 1. The van der Waals surface area contributed by atoms with E-state index in [0.717, 1.165) is 0 Å². The van der Waals surface area contributed by atoms with Crippen molar-refractivity contribution in [2.45, 2.75) is 32.7 Å². The van der Waals surface area contributed by atoms with E-state index in [1.54, 1.807) is 6.92 Å². The van der Waals surface area contributed by atoms with Gasteiger partial charge in [0.15, 0.2) is 0 Å². The third-order valence-electron chi connectivity index (χ3n) is 2.45. The first-order valence-corrected chi connectivity index (χ1v) is 5.00. The highest BCUT2D eigenvalue weighted by molar-refractivity contribution is 5.89. The van der Waals surface area contributed by atoms with E-state index >= 15 is 0 Å². The minimum atomic E-state index is -0.443. The molecule has 0 aromatic rings. The van der Waals surface area contributed by atoms with Gasteiger partial charge in [-0.3, -0.25) is 14.4 Å². The van der Waals surface area contributed by atoms with Gasteiger partial charge in [0.1, 0.15) is 5.78 Å². The summed E-state index contributed by atoms with van der Waals surface area (Å²) >= 11 is 0. The zero-order valence-corrected chi connectivity index (χ0v) is 8.91. The topological polar surface area (TPSA) is 72.5 Å². The third-order valence-corrected chi connectivity index (χ3v) is 2.45. The number of ether oxygens (including phenoxy) is 1. The van der Waals surface area contributed by atoms with Crippen LogP contribution in [0.25, 0.3) is 0 Å². The Balaban J connectivity index is 2.48. The Hall–Kier alpha value is -1.39. The van der Waals surface area contributed by atoms with Crippen molar-refractivity contribution in [3.05, 3.63) is 0 Å². The van der Waals surface area contributed by atoms with Crippen molar-refractivity contribution in [1.29, 1.82) is 0 Å². The van der Waals surface area contributed by atoms with Crippen LogP contribution in [-0.2, 0) is 19.1 Å². The molecule has 5 nitrogen and oxygen atoms in total. The molecule has 0 radical (unpaired) electrons. The van der Waals surface area contributed by atoms with E-state index < -0.39 is 5.92 Å². The van der Waals surface area contributed by atoms with E-state index in [0.29, 0.717) is 13.0 Å². The number of hydrogen-bond acceptors (Lipinski definition) is 4. The first kappa shape index (κ1) is 11.7. The second-order valence-corrected chi connectivity index (χ2v) is 3.60. The zero-order valence-electron chi connectivity index (χ0n) is 8.91. The van der Waals surface area contributed by atoms with E-state index in [1.807, 2.05) is 0 Å².